The molecule has 1 unspecified atom stereocenters. The highest BCUT2D eigenvalue weighted by atomic mass is 31.1. The Balaban J connectivity index is 0.000000960. The molecule has 1 aromatic heterocycles. The smallest absolute Gasteiger partial charge is 0.497 e. The molecule has 55 heavy (non-hydrogen) atoms. The summed E-state index contributed by atoms with van der Waals surface area (Å²) < 4.78 is 41.9. The van der Waals surface area contributed by atoms with Crippen molar-refractivity contribution in [3.05, 3.63) is 128 Å². The molecule has 13 nitrogen and oxygen atoms in total. The number of aromatic nitrogens is 2. The van der Waals surface area contributed by atoms with E-state index in [-0.39, 0.29) is 13.6 Å². The van der Waals surface area contributed by atoms with Crippen molar-refractivity contribution >= 4 is 8.25 Å². The Morgan fingerprint density at radius 1 is 0.927 bits per heavy atom. The van der Waals surface area contributed by atoms with E-state index < -0.39 is 49.6 Å². The zero-order valence-corrected chi connectivity index (χ0v) is 33.1. The van der Waals surface area contributed by atoms with Crippen molar-refractivity contribution in [1.82, 2.24) is 14.5 Å². The molecule has 3 N–H and O–H groups in total. The maximum Gasteiger partial charge on any atom is 1.00 e. The number of nitrogens with one attached hydrogen (secondary N) is 1. The van der Waals surface area contributed by atoms with Crippen molar-refractivity contribution in [3.63, 3.8) is 0 Å². The summed E-state index contributed by atoms with van der Waals surface area (Å²) in [7, 11) is -0.188. The molecule has 0 bridgehead atoms. The monoisotopic (exact) mass is 777 g/mol. The first-order valence-electron chi connectivity index (χ1n) is 18.3. The fraction of sp³-hybridized carbons (Fsp3) is 0.415. The molecule has 4 atom stereocenters. The minimum atomic E-state index is -3.32. The minimum absolute atomic E-state index is 0. The van der Waals surface area contributed by atoms with Gasteiger partial charge in [0.15, 0.2) is 0 Å². The molecule has 1 fully saturated rings. The summed E-state index contributed by atoms with van der Waals surface area (Å²) in [5, 5.41) is 11.7. The highest BCUT2D eigenvalue weighted by Crippen LogP contribution is 2.46. The predicted octanol–water partition coefficient (Wildman–Crippen LogP) is 5.82. The van der Waals surface area contributed by atoms with Crippen LogP contribution in [0.4, 0.5) is 0 Å². The van der Waals surface area contributed by atoms with Crippen LogP contribution in [-0.4, -0.2) is 76.8 Å². The minimum Gasteiger partial charge on any atom is -0.497 e. The summed E-state index contributed by atoms with van der Waals surface area (Å²) in [6.07, 6.45) is -0.496. The van der Waals surface area contributed by atoms with Gasteiger partial charge in [0.25, 0.3) is 11.3 Å². The van der Waals surface area contributed by atoms with E-state index in [1.165, 1.54) is 25.8 Å². The number of benzene rings is 3. The summed E-state index contributed by atoms with van der Waals surface area (Å²) >= 11 is 0. The lowest BCUT2D eigenvalue weighted by molar-refractivity contribution is -0.198. The molecule has 1 aliphatic rings. The molecule has 4 aromatic rings. The van der Waals surface area contributed by atoms with Gasteiger partial charge in [0, 0.05) is 17.2 Å². The zero-order valence-electron chi connectivity index (χ0n) is 33.2. The van der Waals surface area contributed by atoms with E-state index in [1.807, 2.05) is 61.5 Å². The van der Waals surface area contributed by atoms with Gasteiger partial charge in [0.1, 0.15) is 35.0 Å². The summed E-state index contributed by atoms with van der Waals surface area (Å²) in [6, 6.07) is 23.9. The van der Waals surface area contributed by atoms with Gasteiger partial charge in [-0.15, -0.1) is 4.89 Å². The fourth-order valence-electron chi connectivity index (χ4n) is 6.31. The SMILES string of the molecule is CCCC#Cc1cn([C@H]2C[C@](O)(O[P+](=O)O)[C@@H](COC(c3ccccc3)(c3ccc(OC)cc3)c3ccc(OC)cc3)O2)c(=O)[nH]c1=O.CCN(CC)CC.[H+]. The van der Waals surface area contributed by atoms with Crippen molar-refractivity contribution in [2.45, 2.75) is 70.7 Å². The van der Waals surface area contributed by atoms with E-state index in [2.05, 4.69) is 42.5 Å². The number of H-pyrrole nitrogens is 1. The van der Waals surface area contributed by atoms with Gasteiger partial charge in [-0.1, -0.05) is 98.7 Å². The second-order valence-corrected chi connectivity index (χ2v) is 13.3. The highest BCUT2D eigenvalue weighted by molar-refractivity contribution is 7.32. The quantitative estimate of drug-likeness (QED) is 0.0578. The van der Waals surface area contributed by atoms with Crippen molar-refractivity contribution < 1.29 is 39.5 Å². The van der Waals surface area contributed by atoms with Gasteiger partial charge < -0.3 is 29.0 Å². The van der Waals surface area contributed by atoms with Crippen LogP contribution in [0.25, 0.3) is 0 Å². The summed E-state index contributed by atoms with van der Waals surface area (Å²) in [4.78, 5) is 39.7. The van der Waals surface area contributed by atoms with E-state index in [4.69, 9.17) is 23.5 Å². The van der Waals surface area contributed by atoms with Crippen molar-refractivity contribution in [3.8, 4) is 23.3 Å². The lowest BCUT2D eigenvalue weighted by atomic mass is 9.80. The van der Waals surface area contributed by atoms with Gasteiger partial charge in [-0.25, -0.2) is 4.79 Å². The molecule has 0 saturated carbocycles. The van der Waals surface area contributed by atoms with Crippen LogP contribution >= 0.6 is 8.25 Å². The first-order chi connectivity index (χ1) is 26.5. The van der Waals surface area contributed by atoms with Crippen LogP contribution in [-0.2, 0) is 24.2 Å². The Kier molecular flexibility index (Phi) is 15.9. The normalized spacial score (nSPS) is 18.2. The number of ether oxygens (including phenoxy) is 4. The zero-order chi connectivity index (χ0) is 40.0. The van der Waals surface area contributed by atoms with Crippen LogP contribution in [0.5, 0.6) is 11.5 Å². The second-order valence-electron chi connectivity index (χ2n) is 12.7. The van der Waals surface area contributed by atoms with Crippen LogP contribution < -0.4 is 20.7 Å². The maximum absolute atomic E-state index is 12.9. The van der Waals surface area contributed by atoms with Gasteiger partial charge in [-0.2, -0.15) is 0 Å². The fourth-order valence-corrected chi connectivity index (χ4v) is 6.77. The number of rotatable bonds is 15. The summed E-state index contributed by atoms with van der Waals surface area (Å²) in [5.74, 6) is 4.49. The third-order valence-electron chi connectivity index (χ3n) is 9.37. The first-order valence-corrected chi connectivity index (χ1v) is 19.4. The number of hydrogen-bond donors (Lipinski definition) is 3. The number of methoxy groups -OCH3 is 2. The average Bonchev–Trinajstić information content (AvgIpc) is 3.52. The third-order valence-corrected chi connectivity index (χ3v) is 9.84. The molecule has 1 saturated heterocycles. The molecule has 0 spiro atoms. The molecular weight excluding hydrogens is 725 g/mol. The molecule has 0 amide bonds. The van der Waals surface area contributed by atoms with E-state index in [9.17, 15) is 24.2 Å². The lowest BCUT2D eigenvalue weighted by Gasteiger charge is -2.37. The van der Waals surface area contributed by atoms with E-state index in [0.717, 1.165) is 16.6 Å². The number of aromatic amines is 1. The van der Waals surface area contributed by atoms with E-state index in [1.54, 1.807) is 38.5 Å². The Morgan fingerprint density at radius 2 is 1.47 bits per heavy atom. The van der Waals surface area contributed by atoms with Crippen LogP contribution in [0.15, 0.2) is 94.6 Å². The standard InChI is InChI=1S/C35H35N2O10P.C6H15N/c1-4-5-7-10-24-22-37(33(39)36-32(24)38)31-21-34(40,47-48(41)42)30(46-31)23-45-35(25-11-8-6-9-12-25,26-13-17-28(43-2)18-14-26)27-15-19-29(44-3)20-16-27;1-4-7(5-2)6-3/h6,8-9,11-20,22,30-31,40H,4-5,21,23H2,1-3H3,(H-,36,38,39,41,42);4-6H2,1-3H3/p+2/t30-,31-,34+;/m1./s1. The molecule has 0 aliphatic carbocycles. The van der Waals surface area contributed by atoms with Gasteiger partial charge in [-0.3, -0.25) is 14.3 Å². The van der Waals surface area contributed by atoms with E-state index in [0.29, 0.717) is 29.0 Å². The predicted molar refractivity (Wildman–Crippen MR) is 210 cm³/mol. The molecule has 5 rings (SSSR count). The molecule has 2 heterocycles. The van der Waals surface area contributed by atoms with E-state index >= 15 is 0 Å². The number of hydrogen-bond acceptors (Lipinski definition) is 10. The molecule has 0 radical (unpaired) electrons. The summed E-state index contributed by atoms with van der Waals surface area (Å²) in [5.41, 5.74) is -0.683. The molecule has 3 aromatic carbocycles. The van der Waals surface area contributed by atoms with Crippen LogP contribution in [0.3, 0.4) is 0 Å². The topological polar surface area (TPSA) is 162 Å². The second kappa shape index (κ2) is 20.3. The number of unbranched alkanes of at least 4 members (excludes halogenated alkanes) is 1. The molecule has 14 heteroatoms. The first kappa shape index (κ1) is 43.1. The molecule has 294 valence electrons. The lowest BCUT2D eigenvalue weighted by Crippen LogP contribution is -2.45. The Labute approximate surface area is 324 Å². The maximum atomic E-state index is 12.9. The van der Waals surface area contributed by atoms with Crippen LogP contribution in [0.2, 0.25) is 0 Å². The van der Waals surface area contributed by atoms with Gasteiger partial charge >= 0.3 is 15.4 Å². The Bertz CT molecular complexity index is 1960. The highest BCUT2D eigenvalue weighted by Gasteiger charge is 2.56. The van der Waals surface area contributed by atoms with Crippen LogP contribution in [0, 0.1) is 11.8 Å². The van der Waals surface area contributed by atoms with Crippen molar-refractivity contribution in [2.24, 2.45) is 0 Å². The largest absolute Gasteiger partial charge is 1.00 e. The van der Waals surface area contributed by atoms with Gasteiger partial charge in [-0.05, 0) is 67.0 Å². The number of nitrogens with zero attached hydrogens (tertiary/aromatic N) is 2. The van der Waals surface area contributed by atoms with Gasteiger partial charge in [0.2, 0.25) is 0 Å². The molecule has 1 aliphatic heterocycles. The van der Waals surface area contributed by atoms with Crippen molar-refractivity contribution in [2.75, 3.05) is 40.5 Å². The Hall–Kier alpha value is -4.64. The number of aliphatic hydroxyl groups is 1. The average molecular weight is 778 g/mol. The van der Waals surface area contributed by atoms with Crippen LogP contribution in [0.1, 0.15) is 76.9 Å². The van der Waals surface area contributed by atoms with Crippen molar-refractivity contribution in [1.29, 1.82) is 0 Å². The third kappa shape index (κ3) is 10.6. The van der Waals surface area contributed by atoms with Gasteiger partial charge in [0.05, 0.1) is 27.2 Å². The Morgan fingerprint density at radius 3 is 1.95 bits per heavy atom. The summed E-state index contributed by atoms with van der Waals surface area (Å²) in [6.45, 7) is 11.7. The molecular formula is C41H52N3O10P+2.